The maximum Gasteiger partial charge on any atom is 0.235 e. The topological polar surface area (TPSA) is 84.3 Å². The minimum Gasteiger partial charge on any atom is -0.348 e. The van der Waals surface area contributed by atoms with E-state index in [9.17, 15) is 13.2 Å². The van der Waals surface area contributed by atoms with Crippen molar-refractivity contribution in [2.24, 2.45) is 7.05 Å². The van der Waals surface area contributed by atoms with Crippen molar-refractivity contribution < 1.29 is 13.2 Å². The van der Waals surface area contributed by atoms with Gasteiger partial charge in [-0.1, -0.05) is 12.1 Å². The van der Waals surface area contributed by atoms with Gasteiger partial charge in [-0.3, -0.25) is 13.8 Å². The first-order chi connectivity index (χ1) is 12.3. The van der Waals surface area contributed by atoms with Crippen molar-refractivity contribution in [2.45, 2.75) is 32.2 Å². The van der Waals surface area contributed by atoms with E-state index in [1.807, 2.05) is 50.5 Å². The summed E-state index contributed by atoms with van der Waals surface area (Å²) in [5.41, 5.74) is 2.53. The molecule has 0 aliphatic carbocycles. The number of hydrogen-bond acceptors (Lipinski definition) is 4. The van der Waals surface area contributed by atoms with Gasteiger partial charge in [0, 0.05) is 26.2 Å². The van der Waals surface area contributed by atoms with Crippen molar-refractivity contribution in [3.8, 4) is 0 Å². The zero-order valence-electron chi connectivity index (χ0n) is 15.1. The number of aryl methyl sites for hydroxylation is 2. The largest absolute Gasteiger partial charge is 0.348 e. The molecule has 26 heavy (non-hydrogen) atoms. The van der Waals surface area contributed by atoms with Crippen LogP contribution in [-0.4, -0.2) is 36.4 Å². The molecule has 2 heterocycles. The van der Waals surface area contributed by atoms with E-state index < -0.39 is 10.0 Å². The standard InChI is InChI=1S/C18H24N4O3S/c1-14(17-10-12-21(2)20-17)19-18(23)9-6-15-4-7-16(8-5-15)22-11-3-13-26(22,24)25/h4-5,7-8,10,12,14H,3,6,9,11,13H2,1-2H3,(H,19,23)/t14-/m0/s1. The third-order valence-electron chi connectivity index (χ3n) is 4.52. The molecule has 0 saturated carbocycles. The Hall–Kier alpha value is -2.35. The molecule has 1 aliphatic rings. The number of carbonyl (C=O) groups excluding carboxylic acids is 1. The quantitative estimate of drug-likeness (QED) is 0.833. The Labute approximate surface area is 154 Å². The zero-order chi connectivity index (χ0) is 18.7. The highest BCUT2D eigenvalue weighted by molar-refractivity contribution is 7.93. The van der Waals surface area contributed by atoms with Crippen LogP contribution in [0.15, 0.2) is 36.5 Å². The summed E-state index contributed by atoms with van der Waals surface area (Å²) in [5.74, 6) is 0.179. The molecular weight excluding hydrogens is 352 g/mol. The van der Waals surface area contributed by atoms with Crippen LogP contribution in [-0.2, 0) is 28.3 Å². The fourth-order valence-corrected chi connectivity index (χ4v) is 4.63. The van der Waals surface area contributed by atoms with E-state index in [4.69, 9.17) is 0 Å². The Balaban J connectivity index is 1.52. The first-order valence-corrected chi connectivity index (χ1v) is 10.3. The van der Waals surface area contributed by atoms with Gasteiger partial charge in [-0.2, -0.15) is 5.10 Å². The molecule has 8 heteroatoms. The molecule has 140 valence electrons. The Morgan fingerprint density at radius 1 is 1.27 bits per heavy atom. The Morgan fingerprint density at radius 3 is 2.58 bits per heavy atom. The second kappa shape index (κ2) is 7.49. The van der Waals surface area contributed by atoms with Gasteiger partial charge < -0.3 is 5.32 Å². The van der Waals surface area contributed by atoms with Gasteiger partial charge in [0.1, 0.15) is 0 Å². The average Bonchev–Trinajstić information content (AvgIpc) is 3.18. The molecule has 0 unspecified atom stereocenters. The summed E-state index contributed by atoms with van der Waals surface area (Å²) in [7, 11) is -1.31. The van der Waals surface area contributed by atoms with Crippen molar-refractivity contribution in [2.75, 3.05) is 16.6 Å². The monoisotopic (exact) mass is 376 g/mol. The Bertz CT molecular complexity index is 874. The molecule has 2 aromatic rings. The van der Waals surface area contributed by atoms with Crippen LogP contribution in [0.1, 0.15) is 37.1 Å². The average molecular weight is 376 g/mol. The third kappa shape index (κ3) is 4.24. The van der Waals surface area contributed by atoms with Crippen molar-refractivity contribution >= 4 is 21.6 Å². The van der Waals surface area contributed by atoms with Crippen LogP contribution in [0, 0.1) is 0 Å². The molecule has 1 atom stereocenters. The predicted octanol–water partition coefficient (Wildman–Crippen LogP) is 1.77. The van der Waals surface area contributed by atoms with Crippen molar-refractivity contribution in [3.05, 3.63) is 47.8 Å². The van der Waals surface area contributed by atoms with Crippen LogP contribution < -0.4 is 9.62 Å². The molecule has 1 saturated heterocycles. The number of nitrogens with zero attached hydrogens (tertiary/aromatic N) is 3. The van der Waals surface area contributed by atoms with Gasteiger partial charge in [0.15, 0.2) is 0 Å². The predicted molar refractivity (Wildman–Crippen MR) is 100 cm³/mol. The first kappa shape index (κ1) is 18.4. The number of benzene rings is 1. The van der Waals surface area contributed by atoms with E-state index in [1.54, 1.807) is 4.68 Å². The molecule has 1 N–H and O–H groups in total. The molecule has 0 bridgehead atoms. The molecule has 0 radical (unpaired) electrons. The number of amides is 1. The first-order valence-electron chi connectivity index (χ1n) is 8.73. The summed E-state index contributed by atoms with van der Waals surface area (Å²) in [4.78, 5) is 12.1. The minimum atomic E-state index is -3.16. The lowest BCUT2D eigenvalue weighted by Gasteiger charge is -2.17. The summed E-state index contributed by atoms with van der Waals surface area (Å²) >= 11 is 0. The lowest BCUT2D eigenvalue weighted by Crippen LogP contribution is -2.27. The van der Waals surface area contributed by atoms with Gasteiger partial charge in [0.05, 0.1) is 23.2 Å². The number of nitrogens with one attached hydrogen (secondary N) is 1. The maximum atomic E-state index is 12.1. The second-order valence-electron chi connectivity index (χ2n) is 6.61. The van der Waals surface area contributed by atoms with Crippen molar-refractivity contribution in [1.82, 2.24) is 15.1 Å². The van der Waals surface area contributed by atoms with E-state index in [0.717, 1.165) is 11.3 Å². The normalized spacial score (nSPS) is 17.2. The van der Waals surface area contributed by atoms with Gasteiger partial charge in [-0.05, 0) is 43.5 Å². The number of rotatable bonds is 6. The van der Waals surface area contributed by atoms with E-state index in [0.29, 0.717) is 31.5 Å². The summed E-state index contributed by atoms with van der Waals surface area (Å²) in [5, 5.41) is 7.23. The van der Waals surface area contributed by atoms with Crippen LogP contribution in [0.5, 0.6) is 0 Å². The van der Waals surface area contributed by atoms with Crippen LogP contribution in [0.3, 0.4) is 0 Å². The fourth-order valence-electron chi connectivity index (χ4n) is 3.07. The van der Waals surface area contributed by atoms with Gasteiger partial charge >= 0.3 is 0 Å². The molecular formula is C18H24N4O3S. The van der Waals surface area contributed by atoms with Crippen LogP contribution in [0.4, 0.5) is 5.69 Å². The highest BCUT2D eigenvalue weighted by Crippen LogP contribution is 2.24. The molecule has 1 amide bonds. The summed E-state index contributed by atoms with van der Waals surface area (Å²) in [6, 6.07) is 9.15. The van der Waals surface area contributed by atoms with E-state index >= 15 is 0 Å². The van der Waals surface area contributed by atoms with E-state index in [2.05, 4.69) is 10.4 Å². The molecule has 3 rings (SSSR count). The smallest absolute Gasteiger partial charge is 0.235 e. The highest BCUT2D eigenvalue weighted by atomic mass is 32.2. The van der Waals surface area contributed by atoms with E-state index in [1.165, 1.54) is 4.31 Å². The third-order valence-corrected chi connectivity index (χ3v) is 6.39. The lowest BCUT2D eigenvalue weighted by atomic mass is 10.1. The number of anilines is 1. The van der Waals surface area contributed by atoms with Gasteiger partial charge in [-0.25, -0.2) is 8.42 Å². The molecule has 1 aromatic carbocycles. The number of hydrogen-bond donors (Lipinski definition) is 1. The molecule has 1 aromatic heterocycles. The fraction of sp³-hybridized carbons (Fsp3) is 0.444. The van der Waals surface area contributed by atoms with Crippen molar-refractivity contribution in [3.63, 3.8) is 0 Å². The summed E-state index contributed by atoms with van der Waals surface area (Å²) in [6.45, 7) is 2.45. The second-order valence-corrected chi connectivity index (χ2v) is 8.62. The summed E-state index contributed by atoms with van der Waals surface area (Å²) in [6.07, 6.45) is 3.49. The van der Waals surface area contributed by atoms with Crippen LogP contribution >= 0.6 is 0 Å². The van der Waals surface area contributed by atoms with Crippen LogP contribution in [0.25, 0.3) is 0 Å². The number of aromatic nitrogens is 2. The van der Waals surface area contributed by atoms with E-state index in [-0.39, 0.29) is 17.7 Å². The number of carbonyl (C=O) groups is 1. The van der Waals surface area contributed by atoms with Crippen LogP contribution in [0.2, 0.25) is 0 Å². The number of sulfonamides is 1. The molecule has 1 aliphatic heterocycles. The SMILES string of the molecule is C[C@H](NC(=O)CCc1ccc(N2CCCS2(=O)=O)cc1)c1ccn(C)n1. The maximum absolute atomic E-state index is 12.1. The molecule has 1 fully saturated rings. The Kier molecular flexibility index (Phi) is 5.31. The van der Waals surface area contributed by atoms with Gasteiger partial charge in [0.2, 0.25) is 15.9 Å². The zero-order valence-corrected chi connectivity index (χ0v) is 15.9. The Morgan fingerprint density at radius 2 is 2.00 bits per heavy atom. The van der Waals surface area contributed by atoms with Gasteiger partial charge in [-0.15, -0.1) is 0 Å². The molecule has 0 spiro atoms. The molecule has 7 nitrogen and oxygen atoms in total. The van der Waals surface area contributed by atoms with Gasteiger partial charge in [0.25, 0.3) is 0 Å². The lowest BCUT2D eigenvalue weighted by molar-refractivity contribution is -0.121. The minimum absolute atomic E-state index is 0.0330. The highest BCUT2D eigenvalue weighted by Gasteiger charge is 2.28. The van der Waals surface area contributed by atoms with Crippen molar-refractivity contribution in [1.29, 1.82) is 0 Å². The summed E-state index contributed by atoms with van der Waals surface area (Å²) < 4.78 is 27.1.